The molecule has 0 aromatic heterocycles. The van der Waals surface area contributed by atoms with Gasteiger partial charge < -0.3 is 4.74 Å². The standard InChI is InChI=1S/C29H38FNO/c1-4-5-6-7-8-9-10-22-12-14-23(15-13-22)24-16-18-26(25(19-24)20-31)27-17-11-21(2)28(30)29(27)32-3/h11,16-19,22-23H,4-10,12-15H2,1-3H3. The van der Waals surface area contributed by atoms with Gasteiger partial charge in [0.05, 0.1) is 18.7 Å². The molecule has 0 heterocycles. The summed E-state index contributed by atoms with van der Waals surface area (Å²) in [6.07, 6.45) is 14.6. The number of hydrogen-bond acceptors (Lipinski definition) is 2. The summed E-state index contributed by atoms with van der Waals surface area (Å²) in [4.78, 5) is 0. The van der Waals surface area contributed by atoms with Gasteiger partial charge in [-0.3, -0.25) is 0 Å². The van der Waals surface area contributed by atoms with Crippen LogP contribution in [0.2, 0.25) is 0 Å². The van der Waals surface area contributed by atoms with Gasteiger partial charge in [0, 0.05) is 11.1 Å². The van der Waals surface area contributed by atoms with Gasteiger partial charge in [0.2, 0.25) is 0 Å². The highest BCUT2D eigenvalue weighted by Crippen LogP contribution is 2.41. The molecule has 0 bridgehead atoms. The molecule has 2 aromatic carbocycles. The van der Waals surface area contributed by atoms with Crippen LogP contribution in [0.4, 0.5) is 4.39 Å². The number of methoxy groups -OCH3 is 1. The summed E-state index contributed by atoms with van der Waals surface area (Å²) in [5.74, 6) is 1.24. The first kappa shape index (κ1) is 24.3. The highest BCUT2D eigenvalue weighted by molar-refractivity contribution is 5.76. The quantitative estimate of drug-likeness (QED) is 0.350. The molecule has 0 spiro atoms. The van der Waals surface area contributed by atoms with Crippen molar-refractivity contribution in [3.63, 3.8) is 0 Å². The number of halogens is 1. The predicted octanol–water partition coefficient (Wildman–Crippen LogP) is 8.71. The van der Waals surface area contributed by atoms with Gasteiger partial charge in [-0.2, -0.15) is 5.26 Å². The molecule has 0 atom stereocenters. The maximum atomic E-state index is 14.5. The lowest BCUT2D eigenvalue weighted by Gasteiger charge is -2.29. The Balaban J connectivity index is 1.63. The third kappa shape index (κ3) is 5.91. The Morgan fingerprint density at radius 2 is 1.66 bits per heavy atom. The van der Waals surface area contributed by atoms with Crippen molar-refractivity contribution in [2.24, 2.45) is 5.92 Å². The first-order valence-corrected chi connectivity index (χ1v) is 12.5. The molecule has 172 valence electrons. The smallest absolute Gasteiger partial charge is 0.168 e. The van der Waals surface area contributed by atoms with Gasteiger partial charge in [0.1, 0.15) is 0 Å². The molecule has 0 saturated heterocycles. The molecule has 3 heteroatoms. The highest BCUT2D eigenvalue weighted by atomic mass is 19.1. The molecule has 1 aliphatic carbocycles. The predicted molar refractivity (Wildman–Crippen MR) is 131 cm³/mol. The van der Waals surface area contributed by atoms with Crippen molar-refractivity contribution < 1.29 is 9.13 Å². The molecule has 0 aliphatic heterocycles. The lowest BCUT2D eigenvalue weighted by molar-refractivity contribution is 0.302. The molecule has 1 fully saturated rings. The third-order valence-electron chi connectivity index (χ3n) is 7.23. The van der Waals surface area contributed by atoms with Crippen LogP contribution < -0.4 is 4.74 Å². The molecule has 0 radical (unpaired) electrons. The van der Waals surface area contributed by atoms with E-state index < -0.39 is 0 Å². The fourth-order valence-corrected chi connectivity index (χ4v) is 5.21. The summed E-state index contributed by atoms with van der Waals surface area (Å²) < 4.78 is 19.9. The minimum Gasteiger partial charge on any atom is -0.493 e. The third-order valence-corrected chi connectivity index (χ3v) is 7.23. The number of rotatable bonds is 10. The van der Waals surface area contributed by atoms with E-state index in [0.29, 0.717) is 22.6 Å². The second-order valence-corrected chi connectivity index (χ2v) is 9.47. The van der Waals surface area contributed by atoms with E-state index in [1.165, 1.54) is 83.3 Å². The summed E-state index contributed by atoms with van der Waals surface area (Å²) in [6.45, 7) is 3.99. The number of nitriles is 1. The van der Waals surface area contributed by atoms with E-state index in [1.807, 2.05) is 18.2 Å². The van der Waals surface area contributed by atoms with Gasteiger partial charge >= 0.3 is 0 Å². The summed E-state index contributed by atoms with van der Waals surface area (Å²) in [6, 6.07) is 12.1. The molecular formula is C29H38FNO. The van der Waals surface area contributed by atoms with Crippen molar-refractivity contribution >= 4 is 0 Å². The summed E-state index contributed by atoms with van der Waals surface area (Å²) in [5, 5.41) is 9.82. The first-order valence-electron chi connectivity index (χ1n) is 12.5. The molecule has 1 saturated carbocycles. The molecule has 0 unspecified atom stereocenters. The number of aryl methyl sites for hydroxylation is 1. The second-order valence-electron chi connectivity index (χ2n) is 9.47. The van der Waals surface area contributed by atoms with Crippen LogP contribution in [-0.2, 0) is 0 Å². The molecule has 2 aromatic rings. The van der Waals surface area contributed by atoms with Gasteiger partial charge in [-0.05, 0) is 61.6 Å². The van der Waals surface area contributed by atoms with Crippen molar-refractivity contribution in [2.75, 3.05) is 7.11 Å². The normalized spacial score (nSPS) is 18.3. The Labute approximate surface area is 193 Å². The average Bonchev–Trinajstić information content (AvgIpc) is 2.83. The minimum atomic E-state index is -0.360. The molecule has 3 rings (SSSR count). The van der Waals surface area contributed by atoms with Crippen molar-refractivity contribution in [1.29, 1.82) is 5.26 Å². The van der Waals surface area contributed by atoms with Gasteiger partial charge in [-0.25, -0.2) is 4.39 Å². The number of nitrogens with zero attached hydrogens (tertiary/aromatic N) is 1. The van der Waals surface area contributed by atoms with E-state index >= 15 is 0 Å². The van der Waals surface area contributed by atoms with Crippen molar-refractivity contribution in [2.45, 2.75) is 90.4 Å². The van der Waals surface area contributed by atoms with Crippen LogP contribution in [0.5, 0.6) is 5.75 Å². The second kappa shape index (κ2) is 12.0. The SMILES string of the molecule is CCCCCCCCC1CCC(c2ccc(-c3ccc(C)c(F)c3OC)c(C#N)c2)CC1. The number of unbranched alkanes of at least 4 members (excludes halogenated alkanes) is 5. The van der Waals surface area contributed by atoms with Gasteiger partial charge in [0.15, 0.2) is 11.6 Å². The van der Waals surface area contributed by atoms with Crippen LogP contribution in [0.3, 0.4) is 0 Å². The average molecular weight is 436 g/mol. The Hall–Kier alpha value is -2.34. The minimum absolute atomic E-state index is 0.212. The van der Waals surface area contributed by atoms with Gasteiger partial charge in [-0.15, -0.1) is 0 Å². The van der Waals surface area contributed by atoms with E-state index in [-0.39, 0.29) is 11.6 Å². The molecule has 0 N–H and O–H groups in total. The van der Waals surface area contributed by atoms with Crippen LogP contribution in [-0.4, -0.2) is 7.11 Å². The lowest BCUT2D eigenvalue weighted by atomic mass is 9.76. The fraction of sp³-hybridized carbons (Fsp3) is 0.552. The monoisotopic (exact) mass is 435 g/mol. The van der Waals surface area contributed by atoms with E-state index in [2.05, 4.69) is 19.1 Å². The Bertz CT molecular complexity index is 921. The fourth-order valence-electron chi connectivity index (χ4n) is 5.21. The molecule has 32 heavy (non-hydrogen) atoms. The summed E-state index contributed by atoms with van der Waals surface area (Å²) in [7, 11) is 1.48. The van der Waals surface area contributed by atoms with Crippen LogP contribution in [0, 0.1) is 30.0 Å². The molecule has 0 amide bonds. The van der Waals surface area contributed by atoms with E-state index in [9.17, 15) is 9.65 Å². The van der Waals surface area contributed by atoms with E-state index in [1.54, 1.807) is 13.0 Å². The van der Waals surface area contributed by atoms with Gasteiger partial charge in [-0.1, -0.05) is 76.1 Å². The van der Waals surface area contributed by atoms with Crippen LogP contribution >= 0.6 is 0 Å². The lowest BCUT2D eigenvalue weighted by Crippen LogP contribution is -2.13. The maximum Gasteiger partial charge on any atom is 0.168 e. The zero-order valence-electron chi connectivity index (χ0n) is 20.1. The van der Waals surface area contributed by atoms with Crippen LogP contribution in [0.25, 0.3) is 11.1 Å². The molecule has 1 aliphatic rings. The number of hydrogen-bond donors (Lipinski definition) is 0. The van der Waals surface area contributed by atoms with Crippen molar-refractivity contribution in [1.82, 2.24) is 0 Å². The van der Waals surface area contributed by atoms with Gasteiger partial charge in [0.25, 0.3) is 0 Å². The van der Waals surface area contributed by atoms with E-state index in [4.69, 9.17) is 4.74 Å². The Morgan fingerprint density at radius 1 is 0.969 bits per heavy atom. The Kier molecular flexibility index (Phi) is 9.15. The number of ether oxygens (including phenoxy) is 1. The van der Waals surface area contributed by atoms with Crippen LogP contribution in [0.15, 0.2) is 30.3 Å². The van der Waals surface area contributed by atoms with E-state index in [0.717, 1.165) is 11.5 Å². The first-order chi connectivity index (χ1) is 15.6. The zero-order chi connectivity index (χ0) is 22.9. The molecular weight excluding hydrogens is 397 g/mol. The highest BCUT2D eigenvalue weighted by Gasteiger charge is 2.23. The summed E-state index contributed by atoms with van der Waals surface area (Å²) >= 11 is 0. The number of benzene rings is 2. The largest absolute Gasteiger partial charge is 0.493 e. The zero-order valence-corrected chi connectivity index (χ0v) is 20.1. The van der Waals surface area contributed by atoms with Crippen molar-refractivity contribution in [3.05, 3.63) is 52.8 Å². The molecule has 2 nitrogen and oxygen atoms in total. The topological polar surface area (TPSA) is 33.0 Å². The summed E-state index contributed by atoms with van der Waals surface area (Å²) in [5.41, 5.74) is 3.76. The Morgan fingerprint density at radius 3 is 2.34 bits per heavy atom. The maximum absolute atomic E-state index is 14.5. The van der Waals surface area contributed by atoms with Crippen LogP contribution in [0.1, 0.15) is 100 Å². The van der Waals surface area contributed by atoms with Crippen molar-refractivity contribution in [3.8, 4) is 22.9 Å².